The van der Waals surface area contributed by atoms with Gasteiger partial charge >= 0.3 is 0 Å². The number of piperidine rings is 1. The zero-order valence-electron chi connectivity index (χ0n) is 16.2. The first-order valence-corrected chi connectivity index (χ1v) is 10.2. The Bertz CT molecular complexity index is 542. The molecule has 3 rings (SSSR count). The number of likely N-dealkylation sites (N-methyl/N-ethyl adjacent to an activating group) is 1. The number of carbonyl (C=O) groups is 1. The molecule has 0 spiro atoms. The van der Waals surface area contributed by atoms with Crippen LogP contribution >= 0.6 is 0 Å². The standard InChI is InChI=1S/C21H34N4O/c1-2-23-13-15-25(16-14-23)18-21(26)22-20-9-6-11-24(17-20)12-10-19-7-4-3-5-8-19/h3-5,7-8,20H,2,6,9-18H2,1H3,(H,22,26)/t20-/m1/s1. The summed E-state index contributed by atoms with van der Waals surface area (Å²) in [6.07, 6.45) is 3.37. The van der Waals surface area contributed by atoms with Gasteiger partial charge in [0.1, 0.15) is 0 Å². The summed E-state index contributed by atoms with van der Waals surface area (Å²) in [5.41, 5.74) is 1.39. The van der Waals surface area contributed by atoms with Crippen LogP contribution in [0.25, 0.3) is 0 Å². The van der Waals surface area contributed by atoms with E-state index < -0.39 is 0 Å². The van der Waals surface area contributed by atoms with Crippen LogP contribution in [0.3, 0.4) is 0 Å². The molecule has 2 aliphatic rings. The minimum Gasteiger partial charge on any atom is -0.351 e. The molecule has 0 aromatic heterocycles. The number of hydrogen-bond acceptors (Lipinski definition) is 4. The third-order valence-electron chi connectivity index (χ3n) is 5.71. The van der Waals surface area contributed by atoms with Gasteiger partial charge in [-0.15, -0.1) is 0 Å². The van der Waals surface area contributed by atoms with Gasteiger partial charge < -0.3 is 15.1 Å². The number of benzene rings is 1. The number of amides is 1. The molecule has 1 atom stereocenters. The van der Waals surface area contributed by atoms with Crippen molar-refractivity contribution in [2.24, 2.45) is 0 Å². The lowest BCUT2D eigenvalue weighted by molar-refractivity contribution is -0.123. The van der Waals surface area contributed by atoms with Crippen molar-refractivity contribution in [2.75, 3.05) is 58.9 Å². The molecule has 1 aromatic carbocycles. The van der Waals surface area contributed by atoms with Crippen LogP contribution in [-0.4, -0.2) is 85.6 Å². The van der Waals surface area contributed by atoms with Crippen molar-refractivity contribution in [3.8, 4) is 0 Å². The molecular formula is C21H34N4O. The third-order valence-corrected chi connectivity index (χ3v) is 5.71. The van der Waals surface area contributed by atoms with Crippen LogP contribution in [0.4, 0.5) is 0 Å². The van der Waals surface area contributed by atoms with Crippen LogP contribution in [0.1, 0.15) is 25.3 Å². The molecule has 2 saturated heterocycles. The Balaban J connectivity index is 1.37. The van der Waals surface area contributed by atoms with Gasteiger partial charge in [-0.05, 0) is 37.9 Å². The molecule has 5 heteroatoms. The number of rotatable bonds is 7. The first-order chi connectivity index (χ1) is 12.7. The molecule has 0 saturated carbocycles. The zero-order chi connectivity index (χ0) is 18.2. The summed E-state index contributed by atoms with van der Waals surface area (Å²) in [5, 5.41) is 3.28. The Morgan fingerprint density at radius 3 is 2.50 bits per heavy atom. The fourth-order valence-electron chi connectivity index (χ4n) is 4.05. The average molecular weight is 359 g/mol. The Kier molecular flexibility index (Phi) is 7.47. The molecule has 1 aromatic rings. The smallest absolute Gasteiger partial charge is 0.234 e. The van der Waals surface area contributed by atoms with Gasteiger partial charge in [-0.25, -0.2) is 0 Å². The Morgan fingerprint density at radius 1 is 1.04 bits per heavy atom. The van der Waals surface area contributed by atoms with Crippen LogP contribution < -0.4 is 5.32 Å². The molecule has 1 N–H and O–H groups in total. The lowest BCUT2D eigenvalue weighted by atomic mass is 10.0. The van der Waals surface area contributed by atoms with E-state index in [0.717, 1.165) is 65.2 Å². The van der Waals surface area contributed by atoms with Gasteiger partial charge in [-0.1, -0.05) is 37.3 Å². The summed E-state index contributed by atoms with van der Waals surface area (Å²) in [4.78, 5) is 19.7. The quantitative estimate of drug-likeness (QED) is 0.801. The van der Waals surface area contributed by atoms with Gasteiger partial charge in [0, 0.05) is 45.3 Å². The molecule has 144 valence electrons. The van der Waals surface area contributed by atoms with Crippen molar-refractivity contribution in [3.63, 3.8) is 0 Å². The van der Waals surface area contributed by atoms with E-state index in [1.165, 1.54) is 12.0 Å². The molecule has 26 heavy (non-hydrogen) atoms. The van der Waals surface area contributed by atoms with Crippen molar-refractivity contribution in [1.82, 2.24) is 20.0 Å². The highest BCUT2D eigenvalue weighted by Gasteiger charge is 2.23. The van der Waals surface area contributed by atoms with Crippen molar-refractivity contribution in [1.29, 1.82) is 0 Å². The fraction of sp³-hybridized carbons (Fsp3) is 0.667. The van der Waals surface area contributed by atoms with Gasteiger partial charge in [0.25, 0.3) is 0 Å². The van der Waals surface area contributed by atoms with Crippen LogP contribution in [0, 0.1) is 0 Å². The molecule has 1 amide bonds. The Morgan fingerprint density at radius 2 is 1.77 bits per heavy atom. The molecular weight excluding hydrogens is 324 g/mol. The van der Waals surface area contributed by atoms with Crippen LogP contribution in [-0.2, 0) is 11.2 Å². The predicted octanol–water partition coefficient (Wildman–Crippen LogP) is 1.45. The molecule has 0 radical (unpaired) electrons. The second-order valence-electron chi connectivity index (χ2n) is 7.65. The Hall–Kier alpha value is -1.43. The number of likely N-dealkylation sites (tertiary alicyclic amines) is 1. The SMILES string of the molecule is CCN1CCN(CC(=O)N[C@@H]2CCCN(CCc3ccccc3)C2)CC1. The number of hydrogen-bond donors (Lipinski definition) is 1. The largest absolute Gasteiger partial charge is 0.351 e. The van der Waals surface area contributed by atoms with Crippen LogP contribution in [0.15, 0.2) is 30.3 Å². The van der Waals surface area contributed by atoms with Gasteiger partial charge in [0.2, 0.25) is 5.91 Å². The second kappa shape index (κ2) is 10.0. The van der Waals surface area contributed by atoms with E-state index in [9.17, 15) is 4.79 Å². The van der Waals surface area contributed by atoms with Crippen molar-refractivity contribution < 1.29 is 4.79 Å². The topological polar surface area (TPSA) is 38.8 Å². The van der Waals surface area contributed by atoms with E-state index in [4.69, 9.17) is 0 Å². The molecule has 5 nitrogen and oxygen atoms in total. The summed E-state index contributed by atoms with van der Waals surface area (Å²) in [6.45, 7) is 11.3. The number of nitrogens with one attached hydrogen (secondary N) is 1. The lowest BCUT2D eigenvalue weighted by Crippen LogP contribution is -2.53. The minimum absolute atomic E-state index is 0.199. The number of carbonyl (C=O) groups excluding carboxylic acids is 1. The predicted molar refractivity (Wildman–Crippen MR) is 106 cm³/mol. The maximum absolute atomic E-state index is 12.4. The zero-order valence-corrected chi connectivity index (χ0v) is 16.2. The number of piperazine rings is 1. The van der Waals surface area contributed by atoms with Crippen molar-refractivity contribution in [2.45, 2.75) is 32.2 Å². The summed E-state index contributed by atoms with van der Waals surface area (Å²) in [5.74, 6) is 0.199. The minimum atomic E-state index is 0.199. The highest BCUT2D eigenvalue weighted by Crippen LogP contribution is 2.11. The Labute approximate surface area is 158 Å². The highest BCUT2D eigenvalue weighted by molar-refractivity contribution is 5.78. The second-order valence-corrected chi connectivity index (χ2v) is 7.65. The molecule has 2 aliphatic heterocycles. The molecule has 0 unspecified atom stereocenters. The summed E-state index contributed by atoms with van der Waals surface area (Å²) in [7, 11) is 0. The van der Waals surface area contributed by atoms with Crippen LogP contribution in [0.2, 0.25) is 0 Å². The van der Waals surface area contributed by atoms with Gasteiger partial charge in [-0.2, -0.15) is 0 Å². The summed E-state index contributed by atoms with van der Waals surface area (Å²) < 4.78 is 0. The first kappa shape index (κ1) is 19.3. The van der Waals surface area contributed by atoms with Crippen molar-refractivity contribution in [3.05, 3.63) is 35.9 Å². The lowest BCUT2D eigenvalue weighted by Gasteiger charge is -2.35. The van der Waals surface area contributed by atoms with E-state index in [2.05, 4.69) is 57.3 Å². The van der Waals surface area contributed by atoms with E-state index >= 15 is 0 Å². The summed E-state index contributed by atoms with van der Waals surface area (Å²) >= 11 is 0. The maximum Gasteiger partial charge on any atom is 0.234 e. The molecule has 0 bridgehead atoms. The maximum atomic E-state index is 12.4. The van der Waals surface area contributed by atoms with Gasteiger partial charge in [0.15, 0.2) is 0 Å². The van der Waals surface area contributed by atoms with E-state index in [0.29, 0.717) is 12.6 Å². The monoisotopic (exact) mass is 358 g/mol. The molecule has 2 heterocycles. The molecule has 0 aliphatic carbocycles. The number of nitrogens with zero attached hydrogens (tertiary/aromatic N) is 3. The third kappa shape index (κ3) is 6.08. The first-order valence-electron chi connectivity index (χ1n) is 10.2. The van der Waals surface area contributed by atoms with Crippen LogP contribution in [0.5, 0.6) is 0 Å². The van der Waals surface area contributed by atoms with Gasteiger partial charge in [0.05, 0.1) is 6.54 Å². The van der Waals surface area contributed by atoms with Gasteiger partial charge in [-0.3, -0.25) is 9.69 Å². The van der Waals surface area contributed by atoms with Crippen molar-refractivity contribution >= 4 is 5.91 Å². The van der Waals surface area contributed by atoms with E-state index in [1.807, 2.05) is 0 Å². The van der Waals surface area contributed by atoms with E-state index in [-0.39, 0.29) is 5.91 Å². The highest BCUT2D eigenvalue weighted by atomic mass is 16.2. The normalized spacial score (nSPS) is 23.0. The average Bonchev–Trinajstić information content (AvgIpc) is 2.68. The summed E-state index contributed by atoms with van der Waals surface area (Å²) in [6, 6.07) is 11.0. The van der Waals surface area contributed by atoms with E-state index in [1.54, 1.807) is 0 Å². The fourth-order valence-corrected chi connectivity index (χ4v) is 4.05. The molecule has 2 fully saturated rings.